The van der Waals surface area contributed by atoms with Crippen molar-refractivity contribution in [1.82, 2.24) is 14.8 Å². The molecule has 0 N–H and O–H groups in total. The molecule has 150 valence electrons. The number of amides is 2. The predicted octanol–water partition coefficient (Wildman–Crippen LogP) is 4.37. The Labute approximate surface area is 165 Å². The quantitative estimate of drug-likeness (QED) is 0.765. The van der Waals surface area contributed by atoms with E-state index in [1.165, 1.54) is 19.3 Å². The zero-order chi connectivity index (χ0) is 19.6. The van der Waals surface area contributed by atoms with E-state index in [0.29, 0.717) is 6.54 Å². The molecule has 1 aliphatic carbocycles. The van der Waals surface area contributed by atoms with Gasteiger partial charge in [0.15, 0.2) is 0 Å². The zero-order valence-electron chi connectivity index (χ0n) is 16.8. The van der Waals surface area contributed by atoms with Crippen LogP contribution in [-0.4, -0.2) is 51.0 Å². The van der Waals surface area contributed by atoms with E-state index >= 15 is 0 Å². The van der Waals surface area contributed by atoms with E-state index in [1.807, 2.05) is 31.1 Å². The van der Waals surface area contributed by atoms with Crippen LogP contribution < -0.4 is 0 Å². The molecule has 0 bridgehead atoms. The number of ether oxygens (including phenoxy) is 1. The average molecular weight is 394 g/mol. The molecule has 2 amide bonds. The van der Waals surface area contributed by atoms with Crippen LogP contribution in [0.1, 0.15) is 77.3 Å². The summed E-state index contributed by atoms with van der Waals surface area (Å²) >= 11 is 1.55. The van der Waals surface area contributed by atoms with Gasteiger partial charge >= 0.3 is 6.09 Å². The second-order valence-corrected chi connectivity index (χ2v) is 9.55. The molecule has 1 saturated carbocycles. The number of carbonyl (C=O) groups excluding carboxylic acids is 2. The molecule has 2 fully saturated rings. The van der Waals surface area contributed by atoms with Gasteiger partial charge in [-0.3, -0.25) is 9.69 Å². The van der Waals surface area contributed by atoms with E-state index in [9.17, 15) is 9.59 Å². The van der Waals surface area contributed by atoms with E-state index in [4.69, 9.17) is 4.74 Å². The van der Waals surface area contributed by atoms with Gasteiger partial charge in [-0.2, -0.15) is 0 Å². The molecule has 6 nitrogen and oxygen atoms in total. The number of aromatic nitrogens is 1. The van der Waals surface area contributed by atoms with Gasteiger partial charge in [-0.25, -0.2) is 9.78 Å². The smallest absolute Gasteiger partial charge is 0.410 e. The average Bonchev–Trinajstić information content (AvgIpc) is 3.23. The highest BCUT2D eigenvalue weighted by Gasteiger charge is 2.44. The maximum absolute atomic E-state index is 12.9. The minimum Gasteiger partial charge on any atom is -0.444 e. The van der Waals surface area contributed by atoms with Crippen molar-refractivity contribution >= 4 is 23.3 Å². The van der Waals surface area contributed by atoms with Crippen LogP contribution >= 0.6 is 11.3 Å². The molecule has 27 heavy (non-hydrogen) atoms. The molecule has 0 radical (unpaired) electrons. The second kappa shape index (κ2) is 8.17. The SMILES string of the molecule is CC(=O)N(C1CCCCC1)[C@H]1C[C@H](c2nccs2)N(C(=O)OC(C)(C)C)C1. The summed E-state index contributed by atoms with van der Waals surface area (Å²) in [4.78, 5) is 33.6. The van der Waals surface area contributed by atoms with Crippen LogP contribution in [0.25, 0.3) is 0 Å². The van der Waals surface area contributed by atoms with Gasteiger partial charge < -0.3 is 9.64 Å². The lowest BCUT2D eigenvalue weighted by Gasteiger charge is -2.38. The van der Waals surface area contributed by atoms with Gasteiger partial charge in [-0.15, -0.1) is 11.3 Å². The Hall–Kier alpha value is -1.63. The van der Waals surface area contributed by atoms with Gasteiger partial charge in [0, 0.05) is 31.1 Å². The lowest BCUT2D eigenvalue weighted by atomic mass is 9.92. The summed E-state index contributed by atoms with van der Waals surface area (Å²) in [7, 11) is 0. The number of thiazole rings is 1. The van der Waals surface area contributed by atoms with Crippen molar-refractivity contribution in [2.24, 2.45) is 0 Å². The molecule has 2 heterocycles. The topological polar surface area (TPSA) is 62.7 Å². The minimum absolute atomic E-state index is 0.0204. The zero-order valence-corrected chi connectivity index (χ0v) is 17.6. The monoisotopic (exact) mass is 393 g/mol. The third-order valence-corrected chi connectivity index (χ3v) is 6.25. The maximum atomic E-state index is 12.9. The molecular formula is C20H31N3O3S. The van der Waals surface area contributed by atoms with E-state index < -0.39 is 5.60 Å². The number of hydrogen-bond acceptors (Lipinski definition) is 5. The molecule has 1 aromatic heterocycles. The van der Waals surface area contributed by atoms with Crippen LogP contribution in [0, 0.1) is 0 Å². The summed E-state index contributed by atoms with van der Waals surface area (Å²) in [6.07, 6.45) is 7.89. The second-order valence-electron chi connectivity index (χ2n) is 8.63. The number of rotatable bonds is 3. The van der Waals surface area contributed by atoms with Crippen molar-refractivity contribution in [3.8, 4) is 0 Å². The van der Waals surface area contributed by atoms with Crippen LogP contribution in [0.5, 0.6) is 0 Å². The minimum atomic E-state index is -0.549. The first-order chi connectivity index (χ1) is 12.8. The van der Waals surface area contributed by atoms with Gasteiger partial charge in [0.05, 0.1) is 12.1 Å². The fraction of sp³-hybridized carbons (Fsp3) is 0.750. The summed E-state index contributed by atoms with van der Waals surface area (Å²) in [5, 5.41) is 2.84. The molecule has 1 saturated heterocycles. The van der Waals surface area contributed by atoms with Crippen LogP contribution in [0.15, 0.2) is 11.6 Å². The van der Waals surface area contributed by atoms with Crippen molar-refractivity contribution < 1.29 is 14.3 Å². The Morgan fingerprint density at radius 1 is 1.22 bits per heavy atom. The number of likely N-dealkylation sites (tertiary alicyclic amines) is 1. The molecule has 0 aromatic carbocycles. The lowest BCUT2D eigenvalue weighted by molar-refractivity contribution is -0.134. The molecule has 1 aromatic rings. The third-order valence-electron chi connectivity index (χ3n) is 5.37. The predicted molar refractivity (Wildman–Crippen MR) is 106 cm³/mol. The molecule has 0 spiro atoms. The first kappa shape index (κ1) is 20.1. The third kappa shape index (κ3) is 4.81. The van der Waals surface area contributed by atoms with Crippen LogP contribution in [0.2, 0.25) is 0 Å². The molecule has 1 aliphatic heterocycles. The van der Waals surface area contributed by atoms with Crippen molar-refractivity contribution in [3.63, 3.8) is 0 Å². The normalized spacial score (nSPS) is 24.1. The largest absolute Gasteiger partial charge is 0.444 e. The Morgan fingerprint density at radius 3 is 2.48 bits per heavy atom. The Morgan fingerprint density at radius 2 is 1.93 bits per heavy atom. The molecule has 3 rings (SSSR count). The molecule has 0 unspecified atom stereocenters. The van der Waals surface area contributed by atoms with Crippen molar-refractivity contribution in [1.29, 1.82) is 0 Å². The van der Waals surface area contributed by atoms with Crippen molar-refractivity contribution in [2.75, 3.05) is 6.54 Å². The summed E-state index contributed by atoms with van der Waals surface area (Å²) in [5.74, 6) is 0.107. The molecular weight excluding hydrogens is 362 g/mol. The molecule has 2 atom stereocenters. The van der Waals surface area contributed by atoms with E-state index in [-0.39, 0.29) is 30.1 Å². The van der Waals surface area contributed by atoms with Gasteiger partial charge in [0.2, 0.25) is 5.91 Å². The van der Waals surface area contributed by atoms with E-state index in [1.54, 1.807) is 29.4 Å². The van der Waals surface area contributed by atoms with Crippen LogP contribution in [-0.2, 0) is 9.53 Å². The van der Waals surface area contributed by atoms with E-state index in [2.05, 4.69) is 4.98 Å². The highest BCUT2D eigenvalue weighted by atomic mass is 32.1. The van der Waals surface area contributed by atoms with Gasteiger partial charge in [0.25, 0.3) is 0 Å². The van der Waals surface area contributed by atoms with Crippen LogP contribution in [0.3, 0.4) is 0 Å². The highest BCUT2D eigenvalue weighted by Crippen LogP contribution is 2.38. The maximum Gasteiger partial charge on any atom is 0.410 e. The first-order valence-corrected chi connectivity index (χ1v) is 10.8. The Kier molecular flexibility index (Phi) is 6.08. The fourth-order valence-corrected chi connectivity index (χ4v) is 5.11. The number of nitrogens with zero attached hydrogens (tertiary/aromatic N) is 3. The molecule has 2 aliphatic rings. The van der Waals surface area contributed by atoms with Gasteiger partial charge in [-0.05, 0) is 40.0 Å². The lowest BCUT2D eigenvalue weighted by Crippen LogP contribution is -2.48. The Bertz CT molecular complexity index is 650. The molecule has 7 heteroatoms. The van der Waals surface area contributed by atoms with Crippen molar-refractivity contribution in [3.05, 3.63) is 16.6 Å². The number of hydrogen-bond donors (Lipinski definition) is 0. The summed E-state index contributed by atoms with van der Waals surface area (Å²) in [5.41, 5.74) is -0.549. The Balaban J connectivity index is 1.82. The van der Waals surface area contributed by atoms with Crippen LogP contribution in [0.4, 0.5) is 4.79 Å². The van der Waals surface area contributed by atoms with Crippen molar-refractivity contribution in [2.45, 2.75) is 89.9 Å². The summed E-state index contributed by atoms with van der Waals surface area (Å²) < 4.78 is 5.64. The van der Waals surface area contributed by atoms with E-state index in [0.717, 1.165) is 24.3 Å². The number of carbonyl (C=O) groups is 2. The fourth-order valence-electron chi connectivity index (χ4n) is 4.34. The standard InChI is InChI=1S/C20H31N3O3S/c1-14(24)23(15-8-6-5-7-9-15)16-12-17(18-21-10-11-27-18)22(13-16)19(25)26-20(2,3)4/h10-11,15-17H,5-9,12-13H2,1-4H3/t16-,17+/m0/s1. The summed E-state index contributed by atoms with van der Waals surface area (Å²) in [6, 6.07) is 0.180. The first-order valence-electron chi connectivity index (χ1n) is 9.94. The van der Waals surface area contributed by atoms with Gasteiger partial charge in [0.1, 0.15) is 10.6 Å². The summed E-state index contributed by atoms with van der Waals surface area (Å²) in [6.45, 7) is 7.79. The van der Waals surface area contributed by atoms with Gasteiger partial charge in [-0.1, -0.05) is 19.3 Å². The highest BCUT2D eigenvalue weighted by molar-refractivity contribution is 7.09.